The van der Waals surface area contributed by atoms with E-state index in [1.807, 2.05) is 0 Å². The van der Waals surface area contributed by atoms with E-state index in [1.165, 1.54) is 6.92 Å². The van der Waals surface area contributed by atoms with Crippen LogP contribution < -0.4 is 0 Å². The number of hydrogen-bond acceptors (Lipinski definition) is 1. The maximum Gasteiger partial charge on any atom is 0.423 e. The van der Waals surface area contributed by atoms with Crippen LogP contribution in [0.1, 0.15) is 58.8 Å². The van der Waals surface area contributed by atoms with Crippen molar-refractivity contribution in [3.63, 3.8) is 0 Å². The van der Waals surface area contributed by atoms with Crippen LogP contribution in [-0.2, 0) is 4.74 Å². The standard InChI is InChI=1S/C17H24F8O/c1-3-12(18)8-15(17(23,24)25,16(21,22)9-14(2,19)20)26-13-7-10-4-5-11(13)6-10/h10-13H,3-9H2,1-2H3. The zero-order valence-electron chi connectivity index (χ0n) is 14.7. The minimum atomic E-state index is -5.69. The zero-order chi connectivity index (χ0) is 20.0. The van der Waals surface area contributed by atoms with Gasteiger partial charge in [0.2, 0.25) is 5.60 Å². The molecule has 2 aliphatic carbocycles. The largest absolute Gasteiger partial charge is 0.423 e. The third kappa shape index (κ3) is 4.28. The van der Waals surface area contributed by atoms with Gasteiger partial charge in [-0.05, 0) is 50.9 Å². The van der Waals surface area contributed by atoms with E-state index in [4.69, 9.17) is 4.74 Å². The molecule has 154 valence electrons. The average Bonchev–Trinajstić information content (AvgIpc) is 3.04. The predicted octanol–water partition coefficient (Wildman–Crippen LogP) is 6.31. The zero-order valence-corrected chi connectivity index (χ0v) is 14.7. The molecule has 2 rings (SSSR count). The maximum atomic E-state index is 14.6. The van der Waals surface area contributed by atoms with Crippen LogP contribution in [0.2, 0.25) is 0 Å². The third-order valence-corrected chi connectivity index (χ3v) is 5.56. The van der Waals surface area contributed by atoms with Crippen molar-refractivity contribution < 1.29 is 39.9 Å². The molecule has 0 spiro atoms. The summed E-state index contributed by atoms with van der Waals surface area (Å²) in [6, 6.07) is 0. The summed E-state index contributed by atoms with van der Waals surface area (Å²) in [6.45, 7) is 1.32. The highest BCUT2D eigenvalue weighted by Gasteiger charge is 2.73. The highest BCUT2D eigenvalue weighted by Crippen LogP contribution is 2.56. The first-order valence-electron chi connectivity index (χ1n) is 8.85. The van der Waals surface area contributed by atoms with Crippen LogP contribution in [-0.4, -0.2) is 35.9 Å². The molecular weight excluding hydrogens is 372 g/mol. The van der Waals surface area contributed by atoms with Crippen molar-refractivity contribution in [3.05, 3.63) is 0 Å². The van der Waals surface area contributed by atoms with Crippen molar-refractivity contribution in [2.24, 2.45) is 11.8 Å². The summed E-state index contributed by atoms with van der Waals surface area (Å²) in [5.74, 6) is -9.26. The minimum Gasteiger partial charge on any atom is -0.357 e. The highest BCUT2D eigenvalue weighted by atomic mass is 19.4. The molecule has 1 nitrogen and oxygen atoms in total. The van der Waals surface area contributed by atoms with E-state index in [0.717, 1.165) is 6.42 Å². The van der Waals surface area contributed by atoms with Crippen LogP contribution in [0.4, 0.5) is 35.1 Å². The summed E-state index contributed by atoms with van der Waals surface area (Å²) in [5, 5.41) is 0. The molecule has 9 heteroatoms. The van der Waals surface area contributed by atoms with E-state index >= 15 is 0 Å². The molecule has 5 atom stereocenters. The first kappa shape index (κ1) is 21.7. The lowest BCUT2D eigenvalue weighted by molar-refractivity contribution is -0.372. The van der Waals surface area contributed by atoms with Gasteiger partial charge in [0.25, 0.3) is 11.8 Å². The van der Waals surface area contributed by atoms with Gasteiger partial charge < -0.3 is 4.74 Å². The van der Waals surface area contributed by atoms with E-state index in [2.05, 4.69) is 0 Å². The molecule has 0 amide bonds. The molecule has 26 heavy (non-hydrogen) atoms. The van der Waals surface area contributed by atoms with Crippen molar-refractivity contribution in [1.82, 2.24) is 0 Å². The fourth-order valence-electron chi connectivity index (χ4n) is 4.25. The predicted molar refractivity (Wildman–Crippen MR) is 79.1 cm³/mol. The Bertz CT molecular complexity index is 486. The molecule has 2 fully saturated rings. The van der Waals surface area contributed by atoms with Gasteiger partial charge >= 0.3 is 6.18 Å². The number of rotatable bonds is 8. The Balaban J connectivity index is 2.42. The van der Waals surface area contributed by atoms with E-state index in [-0.39, 0.29) is 25.2 Å². The minimum absolute atomic E-state index is 0.0875. The van der Waals surface area contributed by atoms with Crippen molar-refractivity contribution >= 4 is 0 Å². The topological polar surface area (TPSA) is 9.23 Å². The number of ether oxygens (including phenoxy) is 1. The Labute approximate surface area is 147 Å². The van der Waals surface area contributed by atoms with Gasteiger partial charge in [0.05, 0.1) is 12.5 Å². The van der Waals surface area contributed by atoms with Crippen molar-refractivity contribution in [2.75, 3.05) is 0 Å². The lowest BCUT2D eigenvalue weighted by Crippen LogP contribution is -2.64. The van der Waals surface area contributed by atoms with Crippen LogP contribution in [0.15, 0.2) is 0 Å². The maximum absolute atomic E-state index is 14.6. The van der Waals surface area contributed by atoms with Crippen LogP contribution in [0, 0.1) is 11.8 Å². The third-order valence-electron chi connectivity index (χ3n) is 5.56. The summed E-state index contributed by atoms with van der Waals surface area (Å²) in [7, 11) is 0. The smallest absolute Gasteiger partial charge is 0.357 e. The van der Waals surface area contributed by atoms with Gasteiger partial charge in [-0.25, -0.2) is 22.0 Å². The molecule has 2 aliphatic rings. The molecule has 2 bridgehead atoms. The van der Waals surface area contributed by atoms with Crippen LogP contribution in [0.3, 0.4) is 0 Å². The Morgan fingerprint density at radius 3 is 2.00 bits per heavy atom. The molecule has 0 N–H and O–H groups in total. The monoisotopic (exact) mass is 396 g/mol. The summed E-state index contributed by atoms with van der Waals surface area (Å²) in [4.78, 5) is 0. The van der Waals surface area contributed by atoms with E-state index < -0.39 is 55.2 Å². The molecule has 5 unspecified atom stereocenters. The first-order valence-corrected chi connectivity index (χ1v) is 8.85. The fraction of sp³-hybridized carbons (Fsp3) is 1.00. The Morgan fingerprint density at radius 2 is 1.62 bits per heavy atom. The molecule has 0 aromatic heterocycles. The summed E-state index contributed by atoms with van der Waals surface area (Å²) in [6.07, 6.45) is -11.5. The quantitative estimate of drug-likeness (QED) is 0.437. The second-order valence-electron chi connectivity index (χ2n) is 7.82. The summed E-state index contributed by atoms with van der Waals surface area (Å²) < 4.78 is 116. The van der Waals surface area contributed by atoms with Crippen molar-refractivity contribution in [2.45, 2.75) is 94.7 Å². The van der Waals surface area contributed by atoms with Gasteiger partial charge in [-0.2, -0.15) is 13.2 Å². The average molecular weight is 396 g/mol. The van der Waals surface area contributed by atoms with E-state index in [9.17, 15) is 35.1 Å². The van der Waals surface area contributed by atoms with Crippen LogP contribution in [0.5, 0.6) is 0 Å². The molecular formula is C17H24F8O. The normalized spacial score (nSPS) is 30.5. The molecule has 2 saturated carbocycles. The Morgan fingerprint density at radius 1 is 1.00 bits per heavy atom. The molecule has 0 aliphatic heterocycles. The Kier molecular flexibility index (Phi) is 5.92. The second kappa shape index (κ2) is 7.09. The molecule has 0 aromatic carbocycles. The Hall–Kier alpha value is -0.600. The first-order chi connectivity index (χ1) is 11.7. The molecule has 0 saturated heterocycles. The van der Waals surface area contributed by atoms with E-state index in [0.29, 0.717) is 12.8 Å². The lowest BCUT2D eigenvalue weighted by Gasteiger charge is -2.45. The highest BCUT2D eigenvalue weighted by molar-refractivity contribution is 5.06. The van der Waals surface area contributed by atoms with Crippen LogP contribution >= 0.6 is 0 Å². The number of alkyl halides is 8. The van der Waals surface area contributed by atoms with Gasteiger partial charge in [-0.1, -0.05) is 6.92 Å². The molecule has 0 heterocycles. The second-order valence-corrected chi connectivity index (χ2v) is 7.82. The number of hydrogen-bond donors (Lipinski definition) is 0. The molecule has 0 radical (unpaired) electrons. The number of halogens is 8. The fourth-order valence-corrected chi connectivity index (χ4v) is 4.25. The van der Waals surface area contributed by atoms with Crippen molar-refractivity contribution in [1.29, 1.82) is 0 Å². The van der Waals surface area contributed by atoms with Crippen molar-refractivity contribution in [3.8, 4) is 0 Å². The lowest BCUT2D eigenvalue weighted by atomic mass is 9.83. The van der Waals surface area contributed by atoms with Gasteiger partial charge in [0.15, 0.2) is 0 Å². The SMILES string of the molecule is CCC(F)CC(OC1CC2CCC1C2)(C(F)(F)F)C(F)(F)CC(C)(F)F. The van der Waals surface area contributed by atoms with Crippen LogP contribution in [0.25, 0.3) is 0 Å². The molecule has 0 aromatic rings. The van der Waals surface area contributed by atoms with E-state index in [1.54, 1.807) is 0 Å². The van der Waals surface area contributed by atoms with Gasteiger partial charge in [0, 0.05) is 6.42 Å². The van der Waals surface area contributed by atoms with Gasteiger partial charge in [-0.3, -0.25) is 0 Å². The van der Waals surface area contributed by atoms with Gasteiger partial charge in [-0.15, -0.1) is 0 Å². The summed E-state index contributed by atoms with van der Waals surface area (Å²) in [5.41, 5.74) is -4.26. The number of fused-ring (bicyclic) bond motifs is 2. The van der Waals surface area contributed by atoms with Gasteiger partial charge in [0.1, 0.15) is 6.17 Å². The summed E-state index contributed by atoms with van der Waals surface area (Å²) >= 11 is 0.